The van der Waals surface area contributed by atoms with E-state index in [-0.39, 0.29) is 6.42 Å². The molecule has 0 aliphatic rings. The first kappa shape index (κ1) is 10.8. The number of hydrogen-bond acceptors (Lipinski definition) is 4. The highest BCUT2D eigenvalue weighted by Gasteiger charge is 2.32. The number of likely N-dealkylation sites (N-methyl/N-ethyl adjacent to an activating group) is 1. The summed E-state index contributed by atoms with van der Waals surface area (Å²) in [5, 5.41) is 22.0. The molecule has 70 valence electrons. The fourth-order valence-electron chi connectivity index (χ4n) is 1.05. The Bertz CT molecular complexity index is 162. The first-order valence-corrected chi connectivity index (χ1v) is 3.68. The summed E-state index contributed by atoms with van der Waals surface area (Å²) in [5.41, 5.74) is 0. The summed E-state index contributed by atoms with van der Waals surface area (Å²) in [6.07, 6.45) is 0.190. The lowest BCUT2D eigenvalue weighted by Gasteiger charge is -2.16. The number of carbonyl (C=O) groups excluding carboxylic acids is 1. The Hall–Kier alpha value is -1.17. The summed E-state index contributed by atoms with van der Waals surface area (Å²) in [6.45, 7) is 1.58. The van der Waals surface area contributed by atoms with Crippen LogP contribution in [0, 0.1) is 10.1 Å². The first-order chi connectivity index (χ1) is 5.54. The predicted octanol–water partition coefficient (Wildman–Crippen LogP) is -2.65. The number of carboxylic acids is 1. The first-order valence-electron chi connectivity index (χ1n) is 3.68. The maximum atomic E-state index is 10.4. The number of hydrogen-bond donors (Lipinski definition) is 1. The molecule has 0 aromatic heterocycles. The van der Waals surface area contributed by atoms with Crippen LogP contribution >= 0.6 is 0 Å². The van der Waals surface area contributed by atoms with Crippen molar-refractivity contribution in [2.24, 2.45) is 0 Å². The Kier molecular flexibility index (Phi) is 4.20. The third-order valence-corrected chi connectivity index (χ3v) is 1.73. The minimum absolute atomic E-state index is 0.190. The third-order valence-electron chi connectivity index (χ3n) is 1.73. The maximum Gasteiger partial charge on any atom is 0.268 e. The number of nitrogens with two attached hydrogens (primary N) is 1. The molecule has 0 aromatic rings. The van der Waals surface area contributed by atoms with Gasteiger partial charge in [0, 0.05) is 11.3 Å². The molecule has 0 spiro atoms. The standard InChI is InChI=1S/C6H12N2O4/c1-3-4(8(11)12)5(7-2)6(9)10/h4-5,7H,3H2,1-2H3,(H,9,10). The highest BCUT2D eigenvalue weighted by Crippen LogP contribution is 1.98. The summed E-state index contributed by atoms with van der Waals surface area (Å²) >= 11 is 0. The van der Waals surface area contributed by atoms with Gasteiger partial charge in [0.05, 0.1) is 7.05 Å². The molecule has 0 fully saturated rings. The van der Waals surface area contributed by atoms with E-state index in [1.807, 2.05) is 0 Å². The van der Waals surface area contributed by atoms with E-state index in [4.69, 9.17) is 0 Å². The lowest BCUT2D eigenvalue weighted by Crippen LogP contribution is -2.92. The molecular weight excluding hydrogens is 164 g/mol. The number of quaternary nitrogens is 1. The van der Waals surface area contributed by atoms with Gasteiger partial charge >= 0.3 is 0 Å². The highest BCUT2D eigenvalue weighted by molar-refractivity contribution is 5.70. The monoisotopic (exact) mass is 176 g/mol. The van der Waals surface area contributed by atoms with Crippen molar-refractivity contribution in [1.29, 1.82) is 0 Å². The van der Waals surface area contributed by atoms with Crippen LogP contribution in [0.15, 0.2) is 0 Å². The summed E-state index contributed by atoms with van der Waals surface area (Å²) in [6, 6.07) is -2.16. The number of nitro groups is 1. The number of nitrogens with zero attached hydrogens (tertiary/aromatic N) is 1. The van der Waals surface area contributed by atoms with Crippen LogP contribution in [-0.4, -0.2) is 30.0 Å². The van der Waals surface area contributed by atoms with E-state index < -0.39 is 23.0 Å². The molecule has 0 aliphatic heterocycles. The van der Waals surface area contributed by atoms with Crippen LogP contribution in [0.3, 0.4) is 0 Å². The van der Waals surface area contributed by atoms with E-state index in [0.717, 1.165) is 0 Å². The zero-order chi connectivity index (χ0) is 9.72. The normalized spacial score (nSPS) is 15.2. The molecule has 0 radical (unpaired) electrons. The molecular formula is C6H12N2O4. The van der Waals surface area contributed by atoms with Crippen molar-refractivity contribution in [3.63, 3.8) is 0 Å². The number of carboxylic acid groups (broad SMARTS) is 1. The highest BCUT2D eigenvalue weighted by atomic mass is 16.6. The fourth-order valence-corrected chi connectivity index (χ4v) is 1.05. The summed E-state index contributed by atoms with van der Waals surface area (Å²) in [4.78, 5) is 20.1. The van der Waals surface area contributed by atoms with Gasteiger partial charge in [0.15, 0.2) is 6.04 Å². The van der Waals surface area contributed by atoms with Crippen LogP contribution in [0.5, 0.6) is 0 Å². The second-order valence-corrected chi connectivity index (χ2v) is 2.44. The molecule has 0 bridgehead atoms. The minimum atomic E-state index is -1.39. The van der Waals surface area contributed by atoms with Crippen molar-refractivity contribution >= 4 is 5.97 Å². The number of aliphatic carboxylic acids is 1. The van der Waals surface area contributed by atoms with Crippen LogP contribution < -0.4 is 10.4 Å². The largest absolute Gasteiger partial charge is 0.544 e. The summed E-state index contributed by atoms with van der Waals surface area (Å²) in [7, 11) is 1.48. The van der Waals surface area contributed by atoms with Crippen LogP contribution in [0.4, 0.5) is 0 Å². The third kappa shape index (κ3) is 2.46. The Morgan fingerprint density at radius 3 is 2.25 bits per heavy atom. The van der Waals surface area contributed by atoms with Crippen molar-refractivity contribution in [3.8, 4) is 0 Å². The average molecular weight is 176 g/mol. The molecule has 0 amide bonds. The van der Waals surface area contributed by atoms with E-state index >= 15 is 0 Å². The van der Waals surface area contributed by atoms with Crippen molar-refractivity contribution < 1.29 is 20.1 Å². The van der Waals surface area contributed by atoms with Crippen LogP contribution in [0.2, 0.25) is 0 Å². The van der Waals surface area contributed by atoms with E-state index in [1.54, 1.807) is 6.92 Å². The molecule has 6 heteroatoms. The molecule has 2 unspecified atom stereocenters. The molecule has 0 rings (SSSR count). The molecule has 0 saturated heterocycles. The number of carbonyl (C=O) groups is 1. The molecule has 2 atom stereocenters. The SMILES string of the molecule is CCC(C([NH2+]C)C(=O)[O-])[N+](=O)[O-]. The zero-order valence-corrected chi connectivity index (χ0v) is 7.02. The Morgan fingerprint density at radius 2 is 2.17 bits per heavy atom. The minimum Gasteiger partial charge on any atom is -0.544 e. The van der Waals surface area contributed by atoms with Gasteiger partial charge < -0.3 is 15.2 Å². The van der Waals surface area contributed by atoms with E-state index in [0.29, 0.717) is 0 Å². The predicted molar refractivity (Wildman–Crippen MR) is 37.7 cm³/mol. The molecule has 12 heavy (non-hydrogen) atoms. The van der Waals surface area contributed by atoms with Crippen LogP contribution in [0.1, 0.15) is 13.3 Å². The maximum absolute atomic E-state index is 10.4. The van der Waals surface area contributed by atoms with Gasteiger partial charge in [-0.15, -0.1) is 0 Å². The van der Waals surface area contributed by atoms with Gasteiger partial charge in [-0.25, -0.2) is 0 Å². The molecule has 0 heterocycles. The molecule has 6 nitrogen and oxygen atoms in total. The lowest BCUT2D eigenvalue weighted by atomic mass is 10.1. The second kappa shape index (κ2) is 4.66. The van der Waals surface area contributed by atoms with Crippen LogP contribution in [-0.2, 0) is 4.79 Å². The van der Waals surface area contributed by atoms with Gasteiger partial charge in [-0.1, -0.05) is 6.92 Å². The van der Waals surface area contributed by atoms with Crippen molar-refractivity contribution in [2.45, 2.75) is 25.4 Å². The van der Waals surface area contributed by atoms with Gasteiger partial charge in [-0.05, 0) is 0 Å². The van der Waals surface area contributed by atoms with Crippen molar-refractivity contribution in [1.82, 2.24) is 0 Å². The Morgan fingerprint density at radius 1 is 1.67 bits per heavy atom. The zero-order valence-electron chi connectivity index (χ0n) is 7.02. The van der Waals surface area contributed by atoms with Gasteiger partial charge in [0.1, 0.15) is 5.97 Å². The lowest BCUT2D eigenvalue weighted by molar-refractivity contribution is -0.700. The van der Waals surface area contributed by atoms with Crippen LogP contribution in [0.25, 0.3) is 0 Å². The van der Waals surface area contributed by atoms with Crippen molar-refractivity contribution in [3.05, 3.63) is 10.1 Å². The van der Waals surface area contributed by atoms with Crippen molar-refractivity contribution in [2.75, 3.05) is 7.05 Å². The molecule has 2 N–H and O–H groups in total. The Balaban J connectivity index is 4.44. The van der Waals surface area contributed by atoms with E-state index in [2.05, 4.69) is 0 Å². The molecule has 0 aliphatic carbocycles. The Labute approximate surface area is 69.7 Å². The van der Waals surface area contributed by atoms with E-state index in [9.17, 15) is 20.0 Å². The molecule has 0 saturated carbocycles. The van der Waals surface area contributed by atoms with Gasteiger partial charge in [0.2, 0.25) is 0 Å². The van der Waals surface area contributed by atoms with Gasteiger partial charge in [-0.3, -0.25) is 10.1 Å². The quantitative estimate of drug-likeness (QED) is 0.365. The fraction of sp³-hybridized carbons (Fsp3) is 0.833. The number of rotatable bonds is 5. The average Bonchev–Trinajstić information content (AvgIpc) is 1.98. The van der Waals surface area contributed by atoms with E-state index in [1.165, 1.54) is 12.4 Å². The second-order valence-electron chi connectivity index (χ2n) is 2.44. The smallest absolute Gasteiger partial charge is 0.268 e. The van der Waals surface area contributed by atoms with Gasteiger partial charge in [-0.2, -0.15) is 0 Å². The van der Waals surface area contributed by atoms with Gasteiger partial charge in [0.25, 0.3) is 6.04 Å². The summed E-state index contributed by atoms with van der Waals surface area (Å²) < 4.78 is 0. The molecule has 0 aromatic carbocycles. The summed E-state index contributed by atoms with van der Waals surface area (Å²) in [5.74, 6) is -1.39. The topological polar surface area (TPSA) is 99.9 Å².